The molecule has 2 aromatic carbocycles. The first-order valence-corrected chi connectivity index (χ1v) is 12.3. The number of hydrogen-bond acceptors (Lipinski definition) is 3. The Morgan fingerprint density at radius 1 is 0.941 bits per heavy atom. The van der Waals surface area contributed by atoms with Crippen LogP contribution in [0.25, 0.3) is 0 Å². The van der Waals surface area contributed by atoms with Gasteiger partial charge in [0.2, 0.25) is 0 Å². The number of ether oxygens (including phenoxy) is 1. The van der Waals surface area contributed by atoms with Crippen molar-refractivity contribution in [1.82, 2.24) is 0 Å². The summed E-state index contributed by atoms with van der Waals surface area (Å²) >= 11 is 0. The van der Waals surface area contributed by atoms with Crippen LogP contribution in [-0.2, 0) is 23.7 Å². The molecular weight excluding hydrogens is 420 g/mol. The first-order valence-electron chi connectivity index (χ1n) is 12.3. The standard InChI is InChI=1S/C22H28O2.C9H12O/c1-14-11-18-19(22(5,6)10-9-21(18,3)4)13-16(14)12-17-7-8-20(24-17)15(2)23;1-3-8-4-6-9(10-2)7-5-8/h7-8,11,13H,9-10,12H2,1-6H3;4-7H,3H2,1-2H3. The van der Waals surface area contributed by atoms with Crippen molar-refractivity contribution in [2.24, 2.45) is 0 Å². The van der Waals surface area contributed by atoms with E-state index in [4.69, 9.17) is 9.15 Å². The predicted molar refractivity (Wildman–Crippen MR) is 140 cm³/mol. The number of carbonyl (C=O) groups excluding carboxylic acids is 1. The van der Waals surface area contributed by atoms with E-state index in [1.165, 1.54) is 47.6 Å². The molecule has 0 radical (unpaired) electrons. The van der Waals surface area contributed by atoms with Gasteiger partial charge < -0.3 is 9.15 Å². The van der Waals surface area contributed by atoms with Crippen molar-refractivity contribution in [3.05, 3.63) is 87.9 Å². The quantitative estimate of drug-likeness (QED) is 0.362. The van der Waals surface area contributed by atoms with E-state index in [0.29, 0.717) is 5.76 Å². The molecule has 1 aliphatic carbocycles. The number of hydrogen-bond donors (Lipinski definition) is 0. The lowest BCUT2D eigenvalue weighted by Gasteiger charge is -2.42. The largest absolute Gasteiger partial charge is 0.497 e. The molecule has 0 unspecified atom stereocenters. The Hall–Kier alpha value is -2.81. The van der Waals surface area contributed by atoms with Crippen LogP contribution in [0.1, 0.15) is 98.5 Å². The highest BCUT2D eigenvalue weighted by atomic mass is 16.5. The monoisotopic (exact) mass is 460 g/mol. The van der Waals surface area contributed by atoms with Crippen LogP contribution in [0.3, 0.4) is 0 Å². The minimum atomic E-state index is -0.0219. The predicted octanol–water partition coefficient (Wildman–Crippen LogP) is 7.99. The highest BCUT2D eigenvalue weighted by Gasteiger charge is 2.37. The molecule has 0 aliphatic heterocycles. The first-order chi connectivity index (χ1) is 16.0. The fourth-order valence-electron chi connectivity index (χ4n) is 4.67. The smallest absolute Gasteiger partial charge is 0.194 e. The number of fused-ring (bicyclic) bond motifs is 1. The van der Waals surface area contributed by atoms with Gasteiger partial charge in [-0.15, -0.1) is 0 Å². The number of Topliss-reactive ketones (excluding diaryl/α,β-unsaturated/α-hetero) is 1. The molecule has 0 saturated heterocycles. The van der Waals surface area contributed by atoms with Crippen LogP contribution in [0.4, 0.5) is 0 Å². The number of carbonyl (C=O) groups is 1. The molecule has 34 heavy (non-hydrogen) atoms. The second-order valence-electron chi connectivity index (χ2n) is 10.8. The third-order valence-electron chi connectivity index (χ3n) is 7.25. The van der Waals surface area contributed by atoms with Gasteiger partial charge >= 0.3 is 0 Å². The molecule has 0 saturated carbocycles. The Bertz CT molecular complexity index is 1110. The molecule has 3 nitrogen and oxygen atoms in total. The van der Waals surface area contributed by atoms with Crippen molar-refractivity contribution in [2.75, 3.05) is 7.11 Å². The lowest BCUT2D eigenvalue weighted by molar-refractivity contribution is 0.0985. The molecule has 4 rings (SSSR count). The van der Waals surface area contributed by atoms with E-state index in [1.807, 2.05) is 18.2 Å². The van der Waals surface area contributed by atoms with E-state index in [-0.39, 0.29) is 16.6 Å². The fourth-order valence-corrected chi connectivity index (χ4v) is 4.67. The van der Waals surface area contributed by atoms with Crippen LogP contribution in [-0.4, -0.2) is 12.9 Å². The normalized spacial score (nSPS) is 15.6. The molecule has 0 spiro atoms. The number of methoxy groups -OCH3 is 1. The zero-order valence-corrected chi connectivity index (χ0v) is 22.2. The summed E-state index contributed by atoms with van der Waals surface area (Å²) in [5.41, 5.74) is 7.35. The summed E-state index contributed by atoms with van der Waals surface area (Å²) in [4.78, 5) is 11.4. The third kappa shape index (κ3) is 5.81. The van der Waals surface area contributed by atoms with E-state index < -0.39 is 0 Å². The van der Waals surface area contributed by atoms with Crippen LogP contribution in [0, 0.1) is 6.92 Å². The molecule has 0 fully saturated rings. The first kappa shape index (κ1) is 25.8. The minimum absolute atomic E-state index is 0.0219. The van der Waals surface area contributed by atoms with Gasteiger partial charge in [-0.05, 0) is 89.1 Å². The summed E-state index contributed by atoms with van der Waals surface area (Å²) in [6.45, 7) is 15.3. The molecular formula is C31H40O3. The van der Waals surface area contributed by atoms with Crippen molar-refractivity contribution in [3.8, 4) is 5.75 Å². The zero-order valence-electron chi connectivity index (χ0n) is 22.2. The molecule has 1 aliphatic rings. The van der Waals surface area contributed by atoms with Gasteiger partial charge in [-0.2, -0.15) is 0 Å². The Kier molecular flexibility index (Phi) is 7.75. The third-order valence-corrected chi connectivity index (χ3v) is 7.25. The molecule has 1 aromatic heterocycles. The van der Waals surface area contributed by atoms with Crippen molar-refractivity contribution < 1.29 is 13.9 Å². The lowest BCUT2D eigenvalue weighted by atomic mass is 9.62. The average Bonchev–Trinajstić information content (AvgIpc) is 3.27. The molecule has 3 aromatic rings. The number of benzene rings is 2. The van der Waals surface area contributed by atoms with Gasteiger partial charge in [0.1, 0.15) is 11.5 Å². The number of rotatable bonds is 5. The minimum Gasteiger partial charge on any atom is -0.497 e. The molecule has 1 heterocycles. The summed E-state index contributed by atoms with van der Waals surface area (Å²) in [6.07, 6.45) is 4.27. The van der Waals surface area contributed by atoms with Gasteiger partial charge in [0.05, 0.1) is 7.11 Å². The Labute approximate surface area is 205 Å². The van der Waals surface area contributed by atoms with Crippen LogP contribution >= 0.6 is 0 Å². The second kappa shape index (κ2) is 10.2. The van der Waals surface area contributed by atoms with Gasteiger partial charge in [0.25, 0.3) is 0 Å². The zero-order chi connectivity index (χ0) is 25.1. The number of ketones is 1. The van der Waals surface area contributed by atoms with E-state index >= 15 is 0 Å². The van der Waals surface area contributed by atoms with E-state index in [1.54, 1.807) is 13.2 Å². The Morgan fingerprint density at radius 2 is 1.53 bits per heavy atom. The molecule has 3 heteroatoms. The van der Waals surface area contributed by atoms with Crippen LogP contribution in [0.15, 0.2) is 52.9 Å². The maximum absolute atomic E-state index is 11.4. The number of furan rings is 1. The van der Waals surface area contributed by atoms with Gasteiger partial charge in [0, 0.05) is 13.3 Å². The maximum atomic E-state index is 11.4. The fraction of sp³-hybridized carbons (Fsp3) is 0.452. The van der Waals surface area contributed by atoms with Crippen molar-refractivity contribution >= 4 is 5.78 Å². The SMILES string of the molecule is CC(=O)c1ccc(Cc2cc3c(cc2C)C(C)(C)CCC3(C)C)o1.CCc1ccc(OC)cc1. The highest BCUT2D eigenvalue weighted by Crippen LogP contribution is 2.46. The van der Waals surface area contributed by atoms with Gasteiger partial charge in [-0.25, -0.2) is 0 Å². The Morgan fingerprint density at radius 3 is 2.03 bits per heavy atom. The van der Waals surface area contributed by atoms with Crippen molar-refractivity contribution in [2.45, 2.75) is 85.0 Å². The summed E-state index contributed by atoms with van der Waals surface area (Å²) in [6, 6.07) is 16.6. The van der Waals surface area contributed by atoms with Crippen LogP contribution in [0.5, 0.6) is 5.75 Å². The molecule has 182 valence electrons. The molecule has 0 N–H and O–H groups in total. The van der Waals surface area contributed by atoms with Gasteiger partial charge in [0.15, 0.2) is 11.5 Å². The number of aryl methyl sites for hydroxylation is 2. The van der Waals surface area contributed by atoms with Crippen LogP contribution < -0.4 is 4.74 Å². The summed E-state index contributed by atoms with van der Waals surface area (Å²) in [7, 11) is 1.68. The van der Waals surface area contributed by atoms with E-state index in [9.17, 15) is 4.79 Å². The van der Waals surface area contributed by atoms with E-state index in [2.05, 4.69) is 65.8 Å². The van der Waals surface area contributed by atoms with E-state index in [0.717, 1.165) is 24.4 Å². The summed E-state index contributed by atoms with van der Waals surface area (Å²) in [5, 5.41) is 0. The topological polar surface area (TPSA) is 39.4 Å². The van der Waals surface area contributed by atoms with Crippen LogP contribution in [0.2, 0.25) is 0 Å². The average molecular weight is 461 g/mol. The highest BCUT2D eigenvalue weighted by molar-refractivity contribution is 5.91. The van der Waals surface area contributed by atoms with Crippen molar-refractivity contribution in [1.29, 1.82) is 0 Å². The molecule has 0 atom stereocenters. The summed E-state index contributed by atoms with van der Waals surface area (Å²) in [5.74, 6) is 2.21. The Balaban J connectivity index is 0.000000271. The summed E-state index contributed by atoms with van der Waals surface area (Å²) < 4.78 is 10.7. The lowest BCUT2D eigenvalue weighted by Crippen LogP contribution is -2.34. The molecule has 0 amide bonds. The second-order valence-corrected chi connectivity index (χ2v) is 10.8. The molecule has 0 bridgehead atoms. The van der Waals surface area contributed by atoms with Gasteiger partial charge in [-0.3, -0.25) is 4.79 Å². The maximum Gasteiger partial charge on any atom is 0.194 e. The van der Waals surface area contributed by atoms with Crippen molar-refractivity contribution in [3.63, 3.8) is 0 Å². The van der Waals surface area contributed by atoms with Gasteiger partial charge in [-0.1, -0.05) is 58.9 Å².